The summed E-state index contributed by atoms with van der Waals surface area (Å²) in [5.41, 5.74) is -1.11. The van der Waals surface area contributed by atoms with Crippen LogP contribution in [0.5, 0.6) is 0 Å². The zero-order valence-electron chi connectivity index (χ0n) is 12.8. The van der Waals surface area contributed by atoms with Gasteiger partial charge in [0.25, 0.3) is 5.91 Å². The first kappa shape index (κ1) is 17.3. The Morgan fingerprint density at radius 2 is 2.00 bits per heavy atom. The quantitative estimate of drug-likeness (QED) is 0.893. The van der Waals surface area contributed by atoms with Crippen molar-refractivity contribution >= 4 is 17.5 Å². The number of halogens is 3. The lowest BCUT2D eigenvalue weighted by atomic mass is 10.1. The van der Waals surface area contributed by atoms with Gasteiger partial charge in [-0.25, -0.2) is 0 Å². The number of anilines is 1. The van der Waals surface area contributed by atoms with E-state index < -0.39 is 23.6 Å². The molecule has 1 unspecified atom stereocenters. The normalized spacial score (nSPS) is 17.9. The number of rotatable bonds is 3. The molecular formula is C15H18F3N3O2. The Kier molecular flexibility index (Phi) is 4.93. The Hall–Kier alpha value is -2.09. The SMILES string of the molecule is CC(=O)Nc1cc(C(=O)N(C)C2CCNC2)cc(C(F)(F)F)c1. The van der Waals surface area contributed by atoms with Gasteiger partial charge in [0, 0.05) is 37.8 Å². The number of hydrogen-bond acceptors (Lipinski definition) is 3. The lowest BCUT2D eigenvalue weighted by Crippen LogP contribution is -2.38. The van der Waals surface area contributed by atoms with Gasteiger partial charge in [0.05, 0.1) is 5.56 Å². The third-order valence-electron chi connectivity index (χ3n) is 3.73. The molecule has 2 amide bonds. The number of benzene rings is 1. The number of carbonyl (C=O) groups is 2. The van der Waals surface area contributed by atoms with Crippen LogP contribution < -0.4 is 10.6 Å². The molecule has 0 bridgehead atoms. The fourth-order valence-corrected chi connectivity index (χ4v) is 2.53. The van der Waals surface area contributed by atoms with Crippen molar-refractivity contribution in [1.82, 2.24) is 10.2 Å². The highest BCUT2D eigenvalue weighted by atomic mass is 19.4. The van der Waals surface area contributed by atoms with Crippen molar-refractivity contribution in [2.45, 2.75) is 25.6 Å². The predicted molar refractivity (Wildman–Crippen MR) is 79.1 cm³/mol. The van der Waals surface area contributed by atoms with Crippen molar-refractivity contribution in [3.63, 3.8) is 0 Å². The fourth-order valence-electron chi connectivity index (χ4n) is 2.53. The number of likely N-dealkylation sites (N-methyl/N-ethyl adjacent to an activating group) is 1. The van der Waals surface area contributed by atoms with Gasteiger partial charge in [0.2, 0.25) is 5.91 Å². The van der Waals surface area contributed by atoms with Crippen molar-refractivity contribution in [1.29, 1.82) is 0 Å². The van der Waals surface area contributed by atoms with Gasteiger partial charge in [-0.3, -0.25) is 9.59 Å². The second-order valence-corrected chi connectivity index (χ2v) is 5.54. The average Bonchev–Trinajstić information content (AvgIpc) is 2.97. The highest BCUT2D eigenvalue weighted by Crippen LogP contribution is 2.32. The summed E-state index contributed by atoms with van der Waals surface area (Å²) >= 11 is 0. The molecule has 1 fully saturated rings. The molecule has 5 nitrogen and oxygen atoms in total. The maximum Gasteiger partial charge on any atom is 0.416 e. The molecule has 0 spiro atoms. The van der Waals surface area contributed by atoms with Crippen LogP contribution in [0.15, 0.2) is 18.2 Å². The molecular weight excluding hydrogens is 311 g/mol. The molecule has 1 saturated heterocycles. The highest BCUT2D eigenvalue weighted by Gasteiger charge is 2.33. The Labute approximate surface area is 131 Å². The van der Waals surface area contributed by atoms with Crippen LogP contribution in [0.2, 0.25) is 0 Å². The van der Waals surface area contributed by atoms with Gasteiger partial charge >= 0.3 is 6.18 Å². The number of alkyl halides is 3. The monoisotopic (exact) mass is 329 g/mol. The van der Waals surface area contributed by atoms with E-state index in [1.165, 1.54) is 17.9 Å². The molecule has 0 aromatic heterocycles. The third kappa shape index (κ3) is 4.22. The molecule has 0 saturated carbocycles. The first-order valence-electron chi connectivity index (χ1n) is 7.16. The van der Waals surface area contributed by atoms with Gasteiger partial charge in [0.15, 0.2) is 0 Å². The second kappa shape index (κ2) is 6.57. The summed E-state index contributed by atoms with van der Waals surface area (Å²) in [7, 11) is 1.57. The van der Waals surface area contributed by atoms with Crippen LogP contribution in [0.1, 0.15) is 29.3 Å². The Morgan fingerprint density at radius 1 is 1.30 bits per heavy atom. The maximum atomic E-state index is 13.0. The molecule has 1 aromatic carbocycles. The molecule has 2 N–H and O–H groups in total. The molecule has 2 rings (SSSR count). The van der Waals surface area contributed by atoms with Gasteiger partial charge in [-0.2, -0.15) is 13.2 Å². The summed E-state index contributed by atoms with van der Waals surface area (Å²) in [5, 5.41) is 5.40. The van der Waals surface area contributed by atoms with E-state index in [1.807, 2.05) is 0 Å². The van der Waals surface area contributed by atoms with E-state index in [1.54, 1.807) is 7.05 Å². The maximum absolute atomic E-state index is 13.0. The Morgan fingerprint density at radius 3 is 2.52 bits per heavy atom. The molecule has 1 aliphatic heterocycles. The zero-order valence-corrected chi connectivity index (χ0v) is 12.8. The van der Waals surface area contributed by atoms with E-state index in [2.05, 4.69) is 10.6 Å². The molecule has 1 aliphatic rings. The van der Waals surface area contributed by atoms with E-state index in [9.17, 15) is 22.8 Å². The smallest absolute Gasteiger partial charge is 0.337 e. The minimum absolute atomic E-state index is 0.0476. The van der Waals surface area contributed by atoms with E-state index in [-0.39, 0.29) is 17.3 Å². The van der Waals surface area contributed by atoms with Crippen LogP contribution in [0, 0.1) is 0 Å². The van der Waals surface area contributed by atoms with Gasteiger partial charge in [-0.1, -0.05) is 0 Å². The third-order valence-corrected chi connectivity index (χ3v) is 3.73. The second-order valence-electron chi connectivity index (χ2n) is 5.54. The van der Waals surface area contributed by atoms with Crippen LogP contribution in [-0.2, 0) is 11.0 Å². The summed E-state index contributed by atoms with van der Waals surface area (Å²) in [4.78, 5) is 25.0. The van der Waals surface area contributed by atoms with Gasteiger partial charge in [-0.05, 0) is 31.2 Å². The number of nitrogens with zero attached hydrogens (tertiary/aromatic N) is 1. The molecule has 0 radical (unpaired) electrons. The van der Waals surface area contributed by atoms with Crippen LogP contribution in [0.3, 0.4) is 0 Å². The Bertz CT molecular complexity index is 610. The molecule has 8 heteroatoms. The minimum Gasteiger partial charge on any atom is -0.337 e. The number of nitrogens with one attached hydrogen (secondary N) is 2. The van der Waals surface area contributed by atoms with Crippen LogP contribution in [0.4, 0.5) is 18.9 Å². The number of carbonyl (C=O) groups excluding carboxylic acids is 2. The topological polar surface area (TPSA) is 61.4 Å². The van der Waals surface area contributed by atoms with Gasteiger partial charge in [-0.15, -0.1) is 0 Å². The minimum atomic E-state index is -4.60. The lowest BCUT2D eigenvalue weighted by Gasteiger charge is -2.24. The van der Waals surface area contributed by atoms with Crippen molar-refractivity contribution in [2.24, 2.45) is 0 Å². The van der Waals surface area contributed by atoms with Crippen LogP contribution in [0.25, 0.3) is 0 Å². The molecule has 23 heavy (non-hydrogen) atoms. The largest absolute Gasteiger partial charge is 0.416 e. The highest BCUT2D eigenvalue weighted by molar-refractivity contribution is 5.97. The zero-order chi connectivity index (χ0) is 17.2. The summed E-state index contributed by atoms with van der Waals surface area (Å²) < 4.78 is 39.0. The van der Waals surface area contributed by atoms with Crippen molar-refractivity contribution in [2.75, 3.05) is 25.5 Å². The fraction of sp³-hybridized carbons (Fsp3) is 0.467. The van der Waals surface area contributed by atoms with Gasteiger partial charge in [0.1, 0.15) is 0 Å². The summed E-state index contributed by atoms with van der Waals surface area (Å²) in [6.07, 6.45) is -3.85. The predicted octanol–water partition coefficient (Wildman–Crippen LogP) is 2.10. The number of hydrogen-bond donors (Lipinski definition) is 2. The summed E-state index contributed by atoms with van der Waals surface area (Å²) in [6, 6.07) is 2.83. The van der Waals surface area contributed by atoms with Crippen molar-refractivity contribution < 1.29 is 22.8 Å². The summed E-state index contributed by atoms with van der Waals surface area (Å²) in [6.45, 7) is 2.57. The summed E-state index contributed by atoms with van der Waals surface area (Å²) in [5.74, 6) is -1.01. The van der Waals surface area contributed by atoms with E-state index in [0.717, 1.165) is 25.1 Å². The molecule has 1 aromatic rings. The van der Waals surface area contributed by atoms with Crippen molar-refractivity contribution in [3.05, 3.63) is 29.3 Å². The number of amides is 2. The average molecular weight is 329 g/mol. The molecule has 126 valence electrons. The van der Waals surface area contributed by atoms with Crippen LogP contribution >= 0.6 is 0 Å². The first-order valence-corrected chi connectivity index (χ1v) is 7.16. The standard InChI is InChI=1S/C15H18F3N3O2/c1-9(22)20-12-6-10(5-11(7-12)15(16,17)18)14(23)21(2)13-3-4-19-8-13/h5-7,13,19H,3-4,8H2,1-2H3,(H,20,22). The molecule has 0 aliphatic carbocycles. The molecule has 1 atom stereocenters. The van der Waals surface area contributed by atoms with Gasteiger partial charge < -0.3 is 15.5 Å². The van der Waals surface area contributed by atoms with E-state index in [0.29, 0.717) is 6.54 Å². The van der Waals surface area contributed by atoms with Crippen LogP contribution in [-0.4, -0.2) is 42.9 Å². The van der Waals surface area contributed by atoms with E-state index >= 15 is 0 Å². The van der Waals surface area contributed by atoms with E-state index in [4.69, 9.17) is 0 Å². The lowest BCUT2D eigenvalue weighted by molar-refractivity contribution is -0.137. The molecule has 1 heterocycles. The van der Waals surface area contributed by atoms with Crippen molar-refractivity contribution in [3.8, 4) is 0 Å². The first-order chi connectivity index (χ1) is 10.7. The Balaban J connectivity index is 2.35.